The number of halogens is 2. The molecular formula is C13H8Br2S. The molecule has 80 valence electrons. The van der Waals surface area contributed by atoms with E-state index in [0.717, 1.165) is 8.95 Å². The predicted molar refractivity (Wildman–Crippen MR) is 78.1 cm³/mol. The highest BCUT2D eigenvalue weighted by atomic mass is 79.9. The minimum Gasteiger partial charge on any atom is -0.166 e. The molecule has 2 aromatic carbocycles. The highest BCUT2D eigenvalue weighted by molar-refractivity contribution is 9.10. The third kappa shape index (κ3) is 1.57. The molecule has 3 heteroatoms. The van der Waals surface area contributed by atoms with E-state index in [-0.39, 0.29) is 5.25 Å². The number of hydrogen-bond acceptors (Lipinski definition) is 1. The van der Waals surface area contributed by atoms with Crippen molar-refractivity contribution in [3.05, 3.63) is 56.5 Å². The summed E-state index contributed by atoms with van der Waals surface area (Å²) in [5, 5.41) is 0.181. The molecule has 0 unspecified atom stereocenters. The first-order valence-electron chi connectivity index (χ1n) is 4.94. The second-order valence-electron chi connectivity index (χ2n) is 3.87. The molecule has 0 atom stereocenters. The van der Waals surface area contributed by atoms with Gasteiger partial charge in [0.25, 0.3) is 0 Å². The zero-order chi connectivity index (χ0) is 11.3. The number of hydrogen-bond donors (Lipinski definition) is 1. The summed E-state index contributed by atoms with van der Waals surface area (Å²) in [6, 6.07) is 12.8. The van der Waals surface area contributed by atoms with Crippen LogP contribution in [0.15, 0.2) is 45.3 Å². The highest BCUT2D eigenvalue weighted by Gasteiger charge is 2.26. The van der Waals surface area contributed by atoms with Crippen LogP contribution in [0.2, 0.25) is 0 Å². The van der Waals surface area contributed by atoms with E-state index in [4.69, 9.17) is 12.6 Å². The molecule has 0 saturated carbocycles. The molecule has 1 aliphatic carbocycles. The smallest absolute Gasteiger partial charge is 0.0529 e. The van der Waals surface area contributed by atoms with Gasteiger partial charge in [-0.05, 0) is 46.5 Å². The molecule has 0 saturated heterocycles. The average molecular weight is 356 g/mol. The molecule has 0 radical (unpaired) electrons. The van der Waals surface area contributed by atoms with Gasteiger partial charge in [0.05, 0.1) is 5.25 Å². The van der Waals surface area contributed by atoms with Crippen molar-refractivity contribution in [3.8, 4) is 11.1 Å². The molecule has 0 spiro atoms. The lowest BCUT2D eigenvalue weighted by atomic mass is 10.1. The van der Waals surface area contributed by atoms with Crippen LogP contribution >= 0.6 is 44.5 Å². The van der Waals surface area contributed by atoms with Crippen molar-refractivity contribution in [2.75, 3.05) is 0 Å². The van der Waals surface area contributed by atoms with Crippen molar-refractivity contribution >= 4 is 44.5 Å². The van der Waals surface area contributed by atoms with Gasteiger partial charge in [0, 0.05) is 8.95 Å². The van der Waals surface area contributed by atoms with E-state index in [9.17, 15) is 0 Å². The number of benzene rings is 2. The van der Waals surface area contributed by atoms with Gasteiger partial charge in [0.1, 0.15) is 0 Å². The molecule has 16 heavy (non-hydrogen) atoms. The second kappa shape index (κ2) is 3.90. The van der Waals surface area contributed by atoms with Gasteiger partial charge >= 0.3 is 0 Å². The lowest BCUT2D eigenvalue weighted by molar-refractivity contribution is 1.22. The summed E-state index contributed by atoms with van der Waals surface area (Å²) >= 11 is 11.7. The summed E-state index contributed by atoms with van der Waals surface area (Å²) in [7, 11) is 0. The Hall–Kier alpha value is -0.250. The summed E-state index contributed by atoms with van der Waals surface area (Å²) in [5.41, 5.74) is 5.16. The molecule has 0 bridgehead atoms. The van der Waals surface area contributed by atoms with Crippen molar-refractivity contribution in [2.45, 2.75) is 5.25 Å². The number of fused-ring (bicyclic) bond motifs is 3. The Kier molecular flexibility index (Phi) is 2.65. The van der Waals surface area contributed by atoms with Crippen molar-refractivity contribution in [1.82, 2.24) is 0 Å². The minimum absolute atomic E-state index is 0.181. The van der Waals surface area contributed by atoms with Crippen LogP contribution in [0, 0.1) is 0 Å². The van der Waals surface area contributed by atoms with Crippen LogP contribution in [-0.2, 0) is 0 Å². The Balaban J connectivity index is 2.30. The van der Waals surface area contributed by atoms with Crippen LogP contribution in [0.25, 0.3) is 11.1 Å². The summed E-state index contributed by atoms with van der Waals surface area (Å²) < 4.78 is 2.22. The van der Waals surface area contributed by atoms with Crippen LogP contribution < -0.4 is 0 Å². The minimum atomic E-state index is 0.181. The van der Waals surface area contributed by atoms with Crippen LogP contribution in [-0.4, -0.2) is 0 Å². The molecule has 3 rings (SSSR count). The zero-order valence-electron chi connectivity index (χ0n) is 8.24. The SMILES string of the molecule is SC1c2cc(Br)ccc2-c2ccc(Br)cc21. The number of thiol groups is 1. The maximum atomic E-state index is 4.70. The lowest BCUT2D eigenvalue weighted by Gasteiger charge is -2.05. The fraction of sp³-hybridized carbons (Fsp3) is 0.0769. The van der Waals surface area contributed by atoms with Crippen LogP contribution in [0.1, 0.15) is 16.4 Å². The van der Waals surface area contributed by atoms with Crippen LogP contribution in [0.3, 0.4) is 0 Å². The topological polar surface area (TPSA) is 0 Å². The Bertz CT molecular complexity index is 527. The van der Waals surface area contributed by atoms with E-state index in [1.807, 2.05) is 0 Å². The normalized spacial score (nSPS) is 13.7. The Morgan fingerprint density at radius 1 is 0.812 bits per heavy atom. The van der Waals surface area contributed by atoms with Crippen molar-refractivity contribution < 1.29 is 0 Å². The van der Waals surface area contributed by atoms with E-state index in [1.54, 1.807) is 0 Å². The Morgan fingerprint density at radius 3 is 1.69 bits per heavy atom. The molecule has 0 aliphatic heterocycles. The van der Waals surface area contributed by atoms with Gasteiger partial charge < -0.3 is 0 Å². The third-order valence-electron chi connectivity index (χ3n) is 2.91. The van der Waals surface area contributed by atoms with Gasteiger partial charge in [-0.3, -0.25) is 0 Å². The quantitative estimate of drug-likeness (QED) is 0.616. The largest absolute Gasteiger partial charge is 0.166 e. The summed E-state index contributed by atoms with van der Waals surface area (Å²) in [6.45, 7) is 0. The van der Waals surface area contributed by atoms with Crippen molar-refractivity contribution in [3.63, 3.8) is 0 Å². The maximum absolute atomic E-state index is 4.70. The van der Waals surface area contributed by atoms with Gasteiger partial charge in [0.2, 0.25) is 0 Å². The molecule has 0 nitrogen and oxygen atoms in total. The molecule has 0 N–H and O–H groups in total. The summed E-state index contributed by atoms with van der Waals surface area (Å²) in [4.78, 5) is 0. The van der Waals surface area contributed by atoms with Gasteiger partial charge in [-0.2, -0.15) is 12.6 Å². The first kappa shape index (κ1) is 10.9. The third-order valence-corrected chi connectivity index (χ3v) is 4.45. The standard InChI is InChI=1S/C13H8Br2S/c14-7-1-3-9-10-4-2-8(15)6-12(10)13(16)11(9)5-7/h1-6,13,16H. The van der Waals surface area contributed by atoms with Crippen LogP contribution in [0.4, 0.5) is 0 Å². The van der Waals surface area contributed by atoms with E-state index in [0.29, 0.717) is 0 Å². The predicted octanol–water partition coefficient (Wildman–Crippen LogP) is 5.21. The van der Waals surface area contributed by atoms with E-state index in [1.165, 1.54) is 22.3 Å². The second-order valence-corrected chi connectivity index (χ2v) is 6.21. The highest BCUT2D eigenvalue weighted by Crippen LogP contribution is 2.48. The lowest BCUT2D eigenvalue weighted by Crippen LogP contribution is -1.86. The van der Waals surface area contributed by atoms with Crippen molar-refractivity contribution in [2.24, 2.45) is 0 Å². The molecule has 0 fully saturated rings. The molecule has 2 aromatic rings. The fourth-order valence-corrected chi connectivity index (χ4v) is 3.36. The molecular weight excluding hydrogens is 348 g/mol. The van der Waals surface area contributed by atoms with Crippen LogP contribution in [0.5, 0.6) is 0 Å². The number of rotatable bonds is 0. The molecule has 1 aliphatic rings. The maximum Gasteiger partial charge on any atom is 0.0529 e. The average Bonchev–Trinajstić information content (AvgIpc) is 2.53. The summed E-state index contributed by atoms with van der Waals surface area (Å²) in [5.74, 6) is 0. The van der Waals surface area contributed by atoms with Crippen molar-refractivity contribution in [1.29, 1.82) is 0 Å². The molecule has 0 heterocycles. The summed E-state index contributed by atoms with van der Waals surface area (Å²) in [6.07, 6.45) is 0. The Morgan fingerprint density at radius 2 is 1.25 bits per heavy atom. The van der Waals surface area contributed by atoms with E-state index in [2.05, 4.69) is 68.3 Å². The van der Waals surface area contributed by atoms with Gasteiger partial charge in [-0.1, -0.05) is 44.0 Å². The monoisotopic (exact) mass is 354 g/mol. The van der Waals surface area contributed by atoms with Gasteiger partial charge in [-0.15, -0.1) is 0 Å². The molecule has 0 aromatic heterocycles. The van der Waals surface area contributed by atoms with Gasteiger partial charge in [-0.25, -0.2) is 0 Å². The zero-order valence-corrected chi connectivity index (χ0v) is 12.3. The van der Waals surface area contributed by atoms with Gasteiger partial charge in [0.15, 0.2) is 0 Å². The first-order chi connectivity index (χ1) is 7.66. The first-order valence-corrected chi connectivity index (χ1v) is 7.04. The fourth-order valence-electron chi connectivity index (χ4n) is 2.18. The van der Waals surface area contributed by atoms with E-state index >= 15 is 0 Å². The Labute approximate surface area is 117 Å². The van der Waals surface area contributed by atoms with E-state index < -0.39 is 0 Å². The molecule has 0 amide bonds.